The molecule has 0 aliphatic heterocycles. The van der Waals surface area contributed by atoms with Crippen molar-refractivity contribution < 1.29 is 9.53 Å². The Morgan fingerprint density at radius 1 is 0.852 bits per heavy atom. The molecule has 2 aromatic carbocycles. The molecule has 0 aromatic heterocycles. The van der Waals surface area contributed by atoms with Gasteiger partial charge in [0.05, 0.1) is 13.0 Å². The van der Waals surface area contributed by atoms with Crippen LogP contribution in [0.15, 0.2) is 71.8 Å². The summed E-state index contributed by atoms with van der Waals surface area (Å²) in [4.78, 5) is 12.5. The molecule has 1 fully saturated rings. The Bertz CT molecular complexity index is 810. The van der Waals surface area contributed by atoms with Crippen molar-refractivity contribution in [3.63, 3.8) is 0 Å². The van der Waals surface area contributed by atoms with Gasteiger partial charge in [-0.1, -0.05) is 60.7 Å². The molecule has 2 nitrogen and oxygen atoms in total. The summed E-state index contributed by atoms with van der Waals surface area (Å²) in [6.45, 7) is 2.31. The Labute approximate surface area is 161 Å². The van der Waals surface area contributed by atoms with Crippen LogP contribution in [-0.2, 0) is 9.53 Å². The van der Waals surface area contributed by atoms with E-state index in [4.69, 9.17) is 4.74 Å². The highest BCUT2D eigenvalue weighted by Crippen LogP contribution is 2.53. The second-order valence-corrected chi connectivity index (χ2v) is 7.29. The van der Waals surface area contributed by atoms with Crippen LogP contribution in [0.25, 0.3) is 11.1 Å². The minimum absolute atomic E-state index is 0.0805. The molecule has 4 rings (SSSR count). The van der Waals surface area contributed by atoms with Gasteiger partial charge in [0.25, 0.3) is 0 Å². The lowest BCUT2D eigenvalue weighted by Gasteiger charge is -2.20. The number of fused-ring (bicyclic) bond motifs is 1. The van der Waals surface area contributed by atoms with E-state index in [0.717, 1.165) is 12.8 Å². The smallest absolute Gasteiger partial charge is 0.306 e. The van der Waals surface area contributed by atoms with Crippen molar-refractivity contribution in [1.82, 2.24) is 0 Å². The number of carbonyl (C=O) groups is 1. The van der Waals surface area contributed by atoms with Crippen molar-refractivity contribution >= 4 is 17.1 Å². The molecule has 0 atom stereocenters. The van der Waals surface area contributed by atoms with E-state index < -0.39 is 0 Å². The largest absolute Gasteiger partial charge is 0.466 e. The standard InChI is InChI=1S/C25H26O2/c1-2-27-23(26)17-22-24(18-11-5-3-6-12-18)20-15-9-10-16-21(20)25(22)19-13-7-4-8-14-19/h3-8,11-14,22H,2,9-10,15-17H2,1H3. The van der Waals surface area contributed by atoms with Crippen molar-refractivity contribution in [3.05, 3.63) is 82.9 Å². The number of ether oxygens (including phenoxy) is 1. The van der Waals surface area contributed by atoms with E-state index in [1.165, 1.54) is 46.3 Å². The fraction of sp³-hybridized carbons (Fsp3) is 0.320. The molecule has 1 saturated carbocycles. The van der Waals surface area contributed by atoms with Crippen LogP contribution in [0, 0.1) is 5.92 Å². The van der Waals surface area contributed by atoms with Gasteiger partial charge in [0.15, 0.2) is 0 Å². The molecule has 0 radical (unpaired) electrons. The maximum atomic E-state index is 12.5. The highest BCUT2D eigenvalue weighted by atomic mass is 16.5. The van der Waals surface area contributed by atoms with Crippen LogP contribution in [0.2, 0.25) is 0 Å². The van der Waals surface area contributed by atoms with Crippen molar-refractivity contribution in [2.45, 2.75) is 39.0 Å². The minimum Gasteiger partial charge on any atom is -0.466 e. The number of carbonyl (C=O) groups excluding carboxylic acids is 1. The third kappa shape index (κ3) is 3.49. The summed E-state index contributed by atoms with van der Waals surface area (Å²) < 4.78 is 5.34. The summed E-state index contributed by atoms with van der Waals surface area (Å²) in [5, 5.41) is 0. The van der Waals surface area contributed by atoms with E-state index in [2.05, 4.69) is 60.7 Å². The fourth-order valence-corrected chi connectivity index (χ4v) is 4.64. The highest BCUT2D eigenvalue weighted by Gasteiger charge is 2.37. The highest BCUT2D eigenvalue weighted by molar-refractivity contribution is 5.97. The molecule has 2 heteroatoms. The summed E-state index contributed by atoms with van der Waals surface area (Å²) in [5.74, 6) is -0.0267. The number of rotatable bonds is 5. The van der Waals surface area contributed by atoms with E-state index in [1.54, 1.807) is 0 Å². The second-order valence-electron chi connectivity index (χ2n) is 7.29. The van der Waals surface area contributed by atoms with Gasteiger partial charge in [-0.2, -0.15) is 0 Å². The average molecular weight is 358 g/mol. The Morgan fingerprint density at radius 3 is 1.78 bits per heavy atom. The molecule has 0 N–H and O–H groups in total. The maximum absolute atomic E-state index is 12.5. The van der Waals surface area contributed by atoms with Crippen molar-refractivity contribution in [1.29, 1.82) is 0 Å². The Kier molecular flexibility index (Phi) is 5.24. The van der Waals surface area contributed by atoms with Gasteiger partial charge in [0.1, 0.15) is 0 Å². The van der Waals surface area contributed by atoms with Crippen LogP contribution >= 0.6 is 0 Å². The molecule has 0 amide bonds. The SMILES string of the molecule is CCOC(=O)CC1C(c2ccccc2)=C2CCCCC2=C1c1ccccc1. The Balaban J connectivity index is 1.85. The monoisotopic (exact) mass is 358 g/mol. The lowest BCUT2D eigenvalue weighted by molar-refractivity contribution is -0.143. The van der Waals surface area contributed by atoms with Gasteiger partial charge in [-0.25, -0.2) is 0 Å². The minimum atomic E-state index is -0.107. The zero-order valence-electron chi connectivity index (χ0n) is 15.9. The van der Waals surface area contributed by atoms with E-state index in [-0.39, 0.29) is 11.9 Å². The molecule has 138 valence electrons. The third-order valence-corrected chi connectivity index (χ3v) is 5.66. The van der Waals surface area contributed by atoms with Crippen LogP contribution < -0.4 is 0 Å². The Morgan fingerprint density at radius 2 is 1.33 bits per heavy atom. The quantitative estimate of drug-likeness (QED) is 0.608. The van der Waals surface area contributed by atoms with Gasteiger partial charge in [0, 0.05) is 5.92 Å². The zero-order valence-corrected chi connectivity index (χ0v) is 15.9. The normalized spacial score (nSPS) is 17.2. The molecular weight excluding hydrogens is 332 g/mol. The number of esters is 1. The Hall–Kier alpha value is -2.61. The number of hydrogen-bond acceptors (Lipinski definition) is 2. The first-order chi connectivity index (χ1) is 13.3. The summed E-state index contributed by atoms with van der Waals surface area (Å²) in [5.41, 5.74) is 8.12. The van der Waals surface area contributed by atoms with Crippen LogP contribution in [0.1, 0.15) is 50.2 Å². The van der Waals surface area contributed by atoms with Crippen LogP contribution in [-0.4, -0.2) is 12.6 Å². The first-order valence-corrected chi connectivity index (χ1v) is 10.0. The molecular formula is C25H26O2. The van der Waals surface area contributed by atoms with Crippen LogP contribution in [0.3, 0.4) is 0 Å². The number of allylic oxidation sites excluding steroid dienone is 4. The van der Waals surface area contributed by atoms with E-state index in [0.29, 0.717) is 13.0 Å². The summed E-state index contributed by atoms with van der Waals surface area (Å²) in [6.07, 6.45) is 5.08. The molecule has 0 bridgehead atoms. The van der Waals surface area contributed by atoms with Crippen LogP contribution in [0.5, 0.6) is 0 Å². The zero-order chi connectivity index (χ0) is 18.6. The van der Waals surface area contributed by atoms with Crippen molar-refractivity contribution in [2.75, 3.05) is 6.61 Å². The summed E-state index contributed by atoms with van der Waals surface area (Å²) in [6, 6.07) is 21.2. The predicted octanol–water partition coefficient (Wildman–Crippen LogP) is 6.05. The molecule has 0 spiro atoms. The topological polar surface area (TPSA) is 26.3 Å². The molecule has 27 heavy (non-hydrogen) atoms. The lowest BCUT2D eigenvalue weighted by Crippen LogP contribution is -2.13. The first-order valence-electron chi connectivity index (χ1n) is 10.0. The third-order valence-electron chi connectivity index (χ3n) is 5.66. The molecule has 0 unspecified atom stereocenters. The molecule has 0 heterocycles. The van der Waals surface area contributed by atoms with Crippen molar-refractivity contribution in [3.8, 4) is 0 Å². The van der Waals surface area contributed by atoms with E-state index in [1.807, 2.05) is 6.92 Å². The van der Waals surface area contributed by atoms with Gasteiger partial charge >= 0.3 is 5.97 Å². The lowest BCUT2D eigenvalue weighted by atomic mass is 9.84. The summed E-state index contributed by atoms with van der Waals surface area (Å²) >= 11 is 0. The second kappa shape index (κ2) is 7.96. The van der Waals surface area contributed by atoms with E-state index in [9.17, 15) is 4.79 Å². The molecule has 2 aromatic rings. The predicted molar refractivity (Wildman–Crippen MR) is 110 cm³/mol. The van der Waals surface area contributed by atoms with Crippen LogP contribution in [0.4, 0.5) is 0 Å². The van der Waals surface area contributed by atoms with Gasteiger partial charge in [-0.05, 0) is 66.0 Å². The average Bonchev–Trinajstić information content (AvgIpc) is 3.03. The van der Waals surface area contributed by atoms with Gasteiger partial charge in [0.2, 0.25) is 0 Å². The van der Waals surface area contributed by atoms with Gasteiger partial charge in [-0.3, -0.25) is 4.79 Å². The van der Waals surface area contributed by atoms with Gasteiger partial charge in [-0.15, -0.1) is 0 Å². The fourth-order valence-electron chi connectivity index (χ4n) is 4.64. The first kappa shape index (κ1) is 17.8. The van der Waals surface area contributed by atoms with E-state index >= 15 is 0 Å². The van der Waals surface area contributed by atoms with Crippen molar-refractivity contribution in [2.24, 2.45) is 5.92 Å². The molecule has 0 saturated heterocycles. The maximum Gasteiger partial charge on any atom is 0.306 e. The molecule has 2 aliphatic rings. The number of hydrogen-bond donors (Lipinski definition) is 0. The number of benzene rings is 2. The summed E-state index contributed by atoms with van der Waals surface area (Å²) in [7, 11) is 0. The molecule has 2 aliphatic carbocycles. The van der Waals surface area contributed by atoms with Gasteiger partial charge < -0.3 is 4.74 Å².